The molecule has 3 fully saturated rings. The van der Waals surface area contributed by atoms with E-state index in [9.17, 15) is 0 Å². The summed E-state index contributed by atoms with van der Waals surface area (Å²) in [4.78, 5) is 2.75. The lowest BCUT2D eigenvalue weighted by Crippen LogP contribution is -2.50. The van der Waals surface area contributed by atoms with Crippen LogP contribution in [0.2, 0.25) is 0 Å². The normalized spacial score (nSPS) is 41.2. The molecule has 0 aromatic heterocycles. The molecule has 4 heteroatoms. The fourth-order valence-electron chi connectivity index (χ4n) is 3.20. The maximum atomic E-state index is 3.66. The summed E-state index contributed by atoms with van der Waals surface area (Å²) >= 11 is 2.14. The molecule has 15 heavy (non-hydrogen) atoms. The molecule has 88 valence electrons. The SMILES string of the molecule is C1CC2CCN(C3CCSC3)CC2N1.Cl. The number of nitrogens with one attached hydrogen (secondary N) is 1. The lowest BCUT2D eigenvalue weighted by molar-refractivity contribution is 0.129. The van der Waals surface area contributed by atoms with Gasteiger partial charge >= 0.3 is 0 Å². The van der Waals surface area contributed by atoms with Crippen LogP contribution in [0.1, 0.15) is 19.3 Å². The molecule has 0 bridgehead atoms. The van der Waals surface area contributed by atoms with Crippen molar-refractivity contribution in [2.45, 2.75) is 31.3 Å². The predicted molar refractivity (Wildman–Crippen MR) is 69.1 cm³/mol. The van der Waals surface area contributed by atoms with E-state index >= 15 is 0 Å². The van der Waals surface area contributed by atoms with Crippen molar-refractivity contribution < 1.29 is 0 Å². The number of halogens is 1. The summed E-state index contributed by atoms with van der Waals surface area (Å²) in [5.41, 5.74) is 0. The van der Waals surface area contributed by atoms with Crippen LogP contribution in [-0.4, -0.2) is 48.1 Å². The Labute approximate surface area is 103 Å². The van der Waals surface area contributed by atoms with Gasteiger partial charge in [0.1, 0.15) is 0 Å². The standard InChI is InChI=1S/C11H20N2S.ClH/c1-4-12-11-7-13(5-2-9(1)11)10-3-6-14-8-10;/h9-12H,1-8H2;1H. The summed E-state index contributed by atoms with van der Waals surface area (Å²) in [5.74, 6) is 3.78. The molecule has 3 aliphatic heterocycles. The number of fused-ring (bicyclic) bond motifs is 1. The molecule has 0 aromatic carbocycles. The second-order valence-corrected chi connectivity index (χ2v) is 6.06. The van der Waals surface area contributed by atoms with Gasteiger partial charge in [-0.1, -0.05) is 0 Å². The first-order chi connectivity index (χ1) is 6.93. The van der Waals surface area contributed by atoms with Crippen LogP contribution in [0.3, 0.4) is 0 Å². The van der Waals surface area contributed by atoms with Gasteiger partial charge in [-0.3, -0.25) is 4.90 Å². The van der Waals surface area contributed by atoms with E-state index in [-0.39, 0.29) is 12.4 Å². The van der Waals surface area contributed by atoms with Crippen molar-refractivity contribution in [3.63, 3.8) is 0 Å². The average Bonchev–Trinajstić information content (AvgIpc) is 2.88. The molecule has 3 aliphatic rings. The number of hydrogen-bond acceptors (Lipinski definition) is 3. The topological polar surface area (TPSA) is 15.3 Å². The van der Waals surface area contributed by atoms with Crippen LogP contribution in [0.4, 0.5) is 0 Å². The van der Waals surface area contributed by atoms with Crippen molar-refractivity contribution in [1.82, 2.24) is 10.2 Å². The average molecular weight is 249 g/mol. The molecular formula is C11H21ClN2S. The third-order valence-corrected chi connectivity index (χ3v) is 5.28. The van der Waals surface area contributed by atoms with E-state index in [0.717, 1.165) is 18.0 Å². The van der Waals surface area contributed by atoms with Crippen LogP contribution < -0.4 is 5.32 Å². The second-order valence-electron chi connectivity index (χ2n) is 4.91. The number of hydrogen-bond donors (Lipinski definition) is 1. The maximum absolute atomic E-state index is 3.66. The Hall–Kier alpha value is 0.560. The third kappa shape index (κ3) is 2.46. The smallest absolute Gasteiger partial charge is 0.0224 e. The fourth-order valence-corrected chi connectivity index (χ4v) is 4.45. The lowest BCUT2D eigenvalue weighted by atomic mass is 9.91. The number of thioether (sulfide) groups is 1. The largest absolute Gasteiger partial charge is 0.312 e. The van der Waals surface area contributed by atoms with Gasteiger partial charge in [0.25, 0.3) is 0 Å². The van der Waals surface area contributed by atoms with Crippen LogP contribution in [0, 0.1) is 5.92 Å². The quantitative estimate of drug-likeness (QED) is 0.759. The van der Waals surface area contributed by atoms with Crippen molar-refractivity contribution in [2.75, 3.05) is 31.1 Å². The first-order valence-electron chi connectivity index (χ1n) is 5.98. The molecule has 0 radical (unpaired) electrons. The highest BCUT2D eigenvalue weighted by atomic mass is 35.5. The zero-order chi connectivity index (χ0) is 9.38. The highest BCUT2D eigenvalue weighted by Crippen LogP contribution is 2.30. The maximum Gasteiger partial charge on any atom is 0.0224 e. The Kier molecular flexibility index (Phi) is 4.22. The van der Waals surface area contributed by atoms with Crippen molar-refractivity contribution in [3.05, 3.63) is 0 Å². The van der Waals surface area contributed by atoms with Crippen LogP contribution in [0.15, 0.2) is 0 Å². The van der Waals surface area contributed by atoms with Crippen molar-refractivity contribution in [3.8, 4) is 0 Å². The molecule has 0 saturated carbocycles. The van der Waals surface area contributed by atoms with Gasteiger partial charge in [-0.05, 0) is 44.0 Å². The first-order valence-corrected chi connectivity index (χ1v) is 7.14. The Morgan fingerprint density at radius 1 is 1.20 bits per heavy atom. The molecule has 3 heterocycles. The van der Waals surface area contributed by atoms with Crippen molar-refractivity contribution >= 4 is 24.2 Å². The van der Waals surface area contributed by atoms with E-state index in [0.29, 0.717) is 0 Å². The zero-order valence-electron chi connectivity index (χ0n) is 9.15. The van der Waals surface area contributed by atoms with E-state index in [4.69, 9.17) is 0 Å². The van der Waals surface area contributed by atoms with Gasteiger partial charge in [-0.2, -0.15) is 11.8 Å². The number of likely N-dealkylation sites (tertiary alicyclic amines) is 1. The minimum absolute atomic E-state index is 0. The van der Waals surface area contributed by atoms with Gasteiger partial charge in [0.05, 0.1) is 0 Å². The van der Waals surface area contributed by atoms with E-state index < -0.39 is 0 Å². The number of rotatable bonds is 1. The van der Waals surface area contributed by atoms with Crippen LogP contribution >= 0.6 is 24.2 Å². The van der Waals surface area contributed by atoms with Crippen molar-refractivity contribution in [1.29, 1.82) is 0 Å². The fraction of sp³-hybridized carbons (Fsp3) is 1.00. The van der Waals surface area contributed by atoms with Gasteiger partial charge in [0.15, 0.2) is 0 Å². The molecular weight excluding hydrogens is 228 g/mol. The molecule has 0 spiro atoms. The van der Waals surface area contributed by atoms with Gasteiger partial charge in [0, 0.05) is 24.4 Å². The summed E-state index contributed by atoms with van der Waals surface area (Å²) < 4.78 is 0. The molecule has 0 amide bonds. The molecule has 1 N–H and O–H groups in total. The van der Waals surface area contributed by atoms with Gasteiger partial charge in [-0.25, -0.2) is 0 Å². The predicted octanol–water partition coefficient (Wildman–Crippen LogP) is 1.60. The molecule has 2 nitrogen and oxygen atoms in total. The lowest BCUT2D eigenvalue weighted by Gasteiger charge is -2.38. The summed E-state index contributed by atoms with van der Waals surface area (Å²) in [5, 5.41) is 3.66. The van der Waals surface area contributed by atoms with E-state index in [1.54, 1.807) is 0 Å². The molecule has 3 rings (SSSR count). The first kappa shape index (κ1) is 12.0. The monoisotopic (exact) mass is 248 g/mol. The van der Waals surface area contributed by atoms with Gasteiger partial charge in [-0.15, -0.1) is 12.4 Å². The summed E-state index contributed by atoms with van der Waals surface area (Å²) in [6, 6.07) is 1.73. The highest BCUT2D eigenvalue weighted by Gasteiger charge is 2.35. The Bertz CT molecular complexity index is 209. The van der Waals surface area contributed by atoms with Gasteiger partial charge in [0.2, 0.25) is 0 Å². The molecule has 3 atom stereocenters. The Balaban J connectivity index is 0.000000853. The summed E-state index contributed by atoms with van der Waals surface area (Å²) in [6.45, 7) is 3.96. The van der Waals surface area contributed by atoms with E-state index in [1.807, 2.05) is 0 Å². The Morgan fingerprint density at radius 2 is 2.13 bits per heavy atom. The Morgan fingerprint density at radius 3 is 2.93 bits per heavy atom. The van der Waals surface area contributed by atoms with Crippen LogP contribution in [0.5, 0.6) is 0 Å². The van der Waals surface area contributed by atoms with E-state index in [1.165, 1.54) is 50.4 Å². The van der Waals surface area contributed by atoms with Crippen molar-refractivity contribution in [2.24, 2.45) is 5.92 Å². The van der Waals surface area contributed by atoms with Crippen LogP contribution in [-0.2, 0) is 0 Å². The van der Waals surface area contributed by atoms with Gasteiger partial charge < -0.3 is 5.32 Å². The molecule has 0 aliphatic carbocycles. The highest BCUT2D eigenvalue weighted by molar-refractivity contribution is 7.99. The number of piperidine rings is 1. The summed E-state index contributed by atoms with van der Waals surface area (Å²) in [7, 11) is 0. The second kappa shape index (κ2) is 5.26. The molecule has 0 aromatic rings. The molecule has 3 saturated heterocycles. The number of nitrogens with zero attached hydrogens (tertiary/aromatic N) is 1. The minimum atomic E-state index is 0. The zero-order valence-corrected chi connectivity index (χ0v) is 10.8. The minimum Gasteiger partial charge on any atom is -0.312 e. The van der Waals surface area contributed by atoms with Crippen LogP contribution in [0.25, 0.3) is 0 Å². The third-order valence-electron chi connectivity index (χ3n) is 4.13. The molecule has 3 unspecified atom stereocenters. The van der Waals surface area contributed by atoms with E-state index in [2.05, 4.69) is 22.0 Å². The summed E-state index contributed by atoms with van der Waals surface area (Å²) in [6.07, 6.45) is 4.30.